The van der Waals surface area contributed by atoms with E-state index < -0.39 is 0 Å². The maximum atomic E-state index is 5.39. The molecule has 0 spiro atoms. The Morgan fingerprint density at radius 1 is 1.18 bits per heavy atom. The maximum absolute atomic E-state index is 5.39. The van der Waals surface area contributed by atoms with E-state index in [9.17, 15) is 0 Å². The quantitative estimate of drug-likeness (QED) is 0.485. The van der Waals surface area contributed by atoms with Gasteiger partial charge in [0.05, 0.1) is 0 Å². The van der Waals surface area contributed by atoms with E-state index in [4.69, 9.17) is 6.58 Å². The molecule has 0 aliphatic carbocycles. The largest absolute Gasteiger partial charge is 0.0817 e. The van der Waals surface area contributed by atoms with Crippen LogP contribution in [0.25, 0.3) is 0 Å². The molecular weight excluding hydrogens is 132 g/mol. The highest BCUT2D eigenvalue weighted by Crippen LogP contribution is 2.11. The molecule has 0 rings (SSSR count). The van der Waals surface area contributed by atoms with Crippen LogP contribution in [0.15, 0.2) is 6.08 Å². The van der Waals surface area contributed by atoms with Crippen molar-refractivity contribution in [2.24, 2.45) is 5.92 Å². The van der Waals surface area contributed by atoms with Crippen LogP contribution in [0, 0.1) is 12.5 Å². The first-order valence-electron chi connectivity index (χ1n) is 4.86. The molecule has 0 heterocycles. The molecule has 0 aromatic heterocycles. The predicted octanol–water partition coefficient (Wildman–Crippen LogP) is 3.97. The fourth-order valence-electron chi connectivity index (χ4n) is 1.17. The van der Waals surface area contributed by atoms with Gasteiger partial charge in [-0.1, -0.05) is 58.6 Å². The van der Waals surface area contributed by atoms with Gasteiger partial charge in [0.15, 0.2) is 0 Å². The minimum absolute atomic E-state index is 0.608. The van der Waals surface area contributed by atoms with Crippen molar-refractivity contribution in [3.63, 3.8) is 0 Å². The first-order valence-corrected chi connectivity index (χ1v) is 4.86. The van der Waals surface area contributed by atoms with E-state index in [1.807, 2.05) is 0 Å². The average Bonchev–Trinajstić information content (AvgIpc) is 2.04. The molecule has 0 aromatic rings. The lowest BCUT2D eigenvalue weighted by Crippen LogP contribution is -1.88. The monoisotopic (exact) mass is 153 g/mol. The summed E-state index contributed by atoms with van der Waals surface area (Å²) in [7, 11) is 0. The van der Waals surface area contributed by atoms with Crippen LogP contribution >= 0.6 is 0 Å². The topological polar surface area (TPSA) is 0 Å². The molecule has 1 atom stereocenters. The summed E-state index contributed by atoms with van der Waals surface area (Å²) in [6.07, 6.45) is 9.91. The van der Waals surface area contributed by atoms with Crippen molar-refractivity contribution in [1.82, 2.24) is 0 Å². The van der Waals surface area contributed by atoms with E-state index in [0.29, 0.717) is 5.92 Å². The van der Waals surface area contributed by atoms with Gasteiger partial charge in [0.25, 0.3) is 0 Å². The molecule has 0 aliphatic rings. The maximum Gasteiger partial charge on any atom is -0.0259 e. The van der Waals surface area contributed by atoms with E-state index in [0.717, 1.165) is 0 Å². The molecule has 11 heavy (non-hydrogen) atoms. The summed E-state index contributed by atoms with van der Waals surface area (Å²) in [6.45, 7) is 9.81. The van der Waals surface area contributed by atoms with Crippen molar-refractivity contribution in [2.45, 2.75) is 52.4 Å². The van der Waals surface area contributed by atoms with Crippen LogP contribution in [-0.2, 0) is 0 Å². The molecule has 0 bridgehead atoms. The summed E-state index contributed by atoms with van der Waals surface area (Å²) in [5.41, 5.74) is 0. The second-order valence-electron chi connectivity index (χ2n) is 3.37. The molecular formula is C11H21. The molecule has 0 N–H and O–H groups in total. The fourth-order valence-corrected chi connectivity index (χ4v) is 1.17. The van der Waals surface area contributed by atoms with Crippen LogP contribution in [0.4, 0.5) is 0 Å². The van der Waals surface area contributed by atoms with Crippen molar-refractivity contribution >= 4 is 0 Å². The molecule has 0 aromatic carbocycles. The molecule has 0 saturated heterocycles. The van der Waals surface area contributed by atoms with Gasteiger partial charge in [0, 0.05) is 0 Å². The summed E-state index contributed by atoms with van der Waals surface area (Å²) in [5.74, 6) is 0.608. The SMILES string of the molecule is [CH]=CC(C)CCCCCCC. The smallest absolute Gasteiger partial charge is 0.0259 e. The Morgan fingerprint density at radius 3 is 2.36 bits per heavy atom. The van der Waals surface area contributed by atoms with Gasteiger partial charge in [-0.2, -0.15) is 0 Å². The second-order valence-corrected chi connectivity index (χ2v) is 3.37. The Hall–Kier alpha value is -0.260. The molecule has 1 radical (unpaired) electrons. The molecule has 1 unspecified atom stereocenters. The molecule has 0 nitrogen and oxygen atoms in total. The van der Waals surface area contributed by atoms with Gasteiger partial charge in [-0.15, -0.1) is 0 Å². The third-order valence-electron chi connectivity index (χ3n) is 2.09. The highest BCUT2D eigenvalue weighted by molar-refractivity contribution is 4.71. The summed E-state index contributed by atoms with van der Waals surface area (Å²) in [5, 5.41) is 0. The van der Waals surface area contributed by atoms with Crippen molar-refractivity contribution in [3.8, 4) is 0 Å². The normalized spacial score (nSPS) is 12.9. The zero-order chi connectivity index (χ0) is 8.53. The van der Waals surface area contributed by atoms with Crippen molar-refractivity contribution in [1.29, 1.82) is 0 Å². The van der Waals surface area contributed by atoms with Crippen LogP contribution in [0.1, 0.15) is 52.4 Å². The van der Waals surface area contributed by atoms with E-state index >= 15 is 0 Å². The predicted molar refractivity (Wildman–Crippen MR) is 51.4 cm³/mol. The van der Waals surface area contributed by atoms with E-state index in [1.54, 1.807) is 6.08 Å². The van der Waals surface area contributed by atoms with E-state index in [1.165, 1.54) is 38.5 Å². The van der Waals surface area contributed by atoms with Crippen LogP contribution < -0.4 is 0 Å². The third kappa shape index (κ3) is 7.64. The van der Waals surface area contributed by atoms with Gasteiger partial charge in [-0.05, 0) is 12.3 Å². The summed E-state index contributed by atoms with van der Waals surface area (Å²) in [6, 6.07) is 0. The van der Waals surface area contributed by atoms with Crippen LogP contribution in [-0.4, -0.2) is 0 Å². The Kier molecular flexibility index (Phi) is 7.66. The zero-order valence-corrected chi connectivity index (χ0v) is 7.97. The number of allylic oxidation sites excluding steroid dienone is 1. The van der Waals surface area contributed by atoms with Gasteiger partial charge >= 0.3 is 0 Å². The second kappa shape index (κ2) is 7.84. The molecule has 0 fully saturated rings. The van der Waals surface area contributed by atoms with Crippen molar-refractivity contribution in [3.05, 3.63) is 12.7 Å². The van der Waals surface area contributed by atoms with E-state index in [2.05, 4.69) is 13.8 Å². The zero-order valence-electron chi connectivity index (χ0n) is 7.97. The Labute approximate surface area is 71.7 Å². The Morgan fingerprint density at radius 2 is 1.82 bits per heavy atom. The molecule has 0 amide bonds. The Bertz CT molecular complexity index is 84.0. The molecule has 0 saturated carbocycles. The number of unbranched alkanes of at least 4 members (excludes halogenated alkanes) is 4. The minimum atomic E-state index is 0.608. The number of hydrogen-bond donors (Lipinski definition) is 0. The molecule has 0 aliphatic heterocycles. The lowest BCUT2D eigenvalue weighted by Gasteiger charge is -2.03. The summed E-state index contributed by atoms with van der Waals surface area (Å²) < 4.78 is 0. The molecule has 65 valence electrons. The lowest BCUT2D eigenvalue weighted by molar-refractivity contribution is 0.551. The first kappa shape index (κ1) is 10.7. The van der Waals surface area contributed by atoms with Crippen molar-refractivity contribution in [2.75, 3.05) is 0 Å². The summed E-state index contributed by atoms with van der Waals surface area (Å²) in [4.78, 5) is 0. The van der Waals surface area contributed by atoms with Crippen molar-refractivity contribution < 1.29 is 0 Å². The van der Waals surface area contributed by atoms with Gasteiger partial charge in [0.1, 0.15) is 0 Å². The first-order chi connectivity index (χ1) is 5.31. The van der Waals surface area contributed by atoms with E-state index in [-0.39, 0.29) is 0 Å². The molecule has 0 heteroatoms. The van der Waals surface area contributed by atoms with Gasteiger partial charge in [-0.3, -0.25) is 0 Å². The van der Waals surface area contributed by atoms with Crippen LogP contribution in [0.2, 0.25) is 0 Å². The van der Waals surface area contributed by atoms with Gasteiger partial charge in [-0.25, -0.2) is 0 Å². The minimum Gasteiger partial charge on any atom is -0.0817 e. The lowest BCUT2D eigenvalue weighted by atomic mass is 10.0. The average molecular weight is 153 g/mol. The van der Waals surface area contributed by atoms with Gasteiger partial charge in [0.2, 0.25) is 0 Å². The number of hydrogen-bond acceptors (Lipinski definition) is 0. The van der Waals surface area contributed by atoms with Crippen LogP contribution in [0.5, 0.6) is 0 Å². The Balaban J connectivity index is 2.95. The number of rotatable bonds is 7. The third-order valence-corrected chi connectivity index (χ3v) is 2.09. The summed E-state index contributed by atoms with van der Waals surface area (Å²) >= 11 is 0. The highest BCUT2D eigenvalue weighted by Gasteiger charge is 1.94. The highest BCUT2D eigenvalue weighted by atomic mass is 14.0. The fraction of sp³-hybridized carbons (Fsp3) is 0.818. The standard InChI is InChI=1S/C11H21/c1-4-6-7-8-9-10-11(3)5-2/h2,5,11H,4,6-10H2,1,3H3. The van der Waals surface area contributed by atoms with Gasteiger partial charge < -0.3 is 0 Å². The van der Waals surface area contributed by atoms with Crippen LogP contribution in [0.3, 0.4) is 0 Å².